The number of aliphatic hydroxyl groups is 1. The highest BCUT2D eigenvalue weighted by molar-refractivity contribution is 7.99. The normalized spacial score (nSPS) is 18.0. The SMILES string of the molecule is CC(C)(O)c1ccccc1CC[C@@H](SCC1(CC(=O)O)CC1)c1cccc(/C=C/c2nc(C3CCCCC3)cs2)c1. The lowest BCUT2D eigenvalue weighted by Gasteiger charge is -2.24. The van der Waals surface area contributed by atoms with Gasteiger partial charge in [-0.3, -0.25) is 4.79 Å². The van der Waals surface area contributed by atoms with Crippen molar-refractivity contribution in [1.82, 2.24) is 4.98 Å². The average Bonchev–Trinajstić information content (AvgIpc) is 3.54. The molecule has 0 bridgehead atoms. The number of nitrogens with zero attached hydrogens (tertiary/aromatic N) is 1. The monoisotopic (exact) mass is 589 g/mol. The molecule has 4 nitrogen and oxygen atoms in total. The molecule has 5 rings (SSSR count). The minimum atomic E-state index is -0.893. The highest BCUT2D eigenvalue weighted by Gasteiger charge is 2.44. The van der Waals surface area contributed by atoms with E-state index in [-0.39, 0.29) is 17.1 Å². The van der Waals surface area contributed by atoms with Crippen molar-refractivity contribution in [3.05, 3.63) is 86.9 Å². The van der Waals surface area contributed by atoms with Gasteiger partial charge in [0.1, 0.15) is 5.01 Å². The van der Waals surface area contributed by atoms with Gasteiger partial charge in [-0.2, -0.15) is 11.8 Å². The van der Waals surface area contributed by atoms with Crippen LogP contribution in [0.15, 0.2) is 53.9 Å². The van der Waals surface area contributed by atoms with Crippen LogP contribution in [0.5, 0.6) is 0 Å². The molecule has 218 valence electrons. The van der Waals surface area contributed by atoms with E-state index in [1.165, 1.54) is 48.9 Å². The number of aromatic nitrogens is 1. The second-order valence-corrected chi connectivity index (χ2v) is 14.7. The Labute approximate surface area is 253 Å². The molecule has 2 N–H and O–H groups in total. The van der Waals surface area contributed by atoms with Gasteiger partial charge in [0.25, 0.3) is 0 Å². The van der Waals surface area contributed by atoms with Gasteiger partial charge in [-0.15, -0.1) is 11.3 Å². The Kier molecular flexibility index (Phi) is 9.73. The van der Waals surface area contributed by atoms with E-state index in [1.807, 2.05) is 43.8 Å². The molecular formula is C35H43NO3S2. The highest BCUT2D eigenvalue weighted by atomic mass is 32.2. The van der Waals surface area contributed by atoms with Crippen LogP contribution < -0.4 is 0 Å². The van der Waals surface area contributed by atoms with Gasteiger partial charge in [0, 0.05) is 22.3 Å². The summed E-state index contributed by atoms with van der Waals surface area (Å²) < 4.78 is 0. The van der Waals surface area contributed by atoms with Crippen LogP contribution in [-0.4, -0.2) is 26.9 Å². The number of rotatable bonds is 13. The second-order valence-electron chi connectivity index (χ2n) is 12.6. The largest absolute Gasteiger partial charge is 0.481 e. The predicted molar refractivity (Wildman–Crippen MR) is 172 cm³/mol. The van der Waals surface area contributed by atoms with E-state index in [2.05, 4.69) is 47.9 Å². The molecule has 2 aromatic carbocycles. The molecule has 1 heterocycles. The fraction of sp³-hybridized carbons (Fsp3) is 0.486. The lowest BCUT2D eigenvalue weighted by atomic mass is 9.87. The molecule has 0 amide bonds. The Bertz CT molecular complexity index is 1350. The first-order valence-electron chi connectivity index (χ1n) is 15.1. The maximum absolute atomic E-state index is 11.5. The summed E-state index contributed by atoms with van der Waals surface area (Å²) >= 11 is 3.63. The summed E-state index contributed by atoms with van der Waals surface area (Å²) in [6, 6.07) is 16.9. The first-order chi connectivity index (χ1) is 19.7. The van der Waals surface area contributed by atoms with E-state index in [9.17, 15) is 15.0 Å². The van der Waals surface area contributed by atoms with Gasteiger partial charge >= 0.3 is 5.97 Å². The van der Waals surface area contributed by atoms with Crippen molar-refractivity contribution in [3.63, 3.8) is 0 Å². The number of carbonyl (C=O) groups is 1. The average molecular weight is 590 g/mol. The standard InChI is InChI=1S/C35H43NO3S2/c1-34(2,39)29-14-7-6-10-26(29)16-17-31(41-24-35(19-20-35)22-33(37)38)28-13-8-9-25(21-28)15-18-32-36-30(23-40-32)27-11-4-3-5-12-27/h6-10,13-15,18,21,23,27,31,39H,3-5,11-12,16-17,19-20,22,24H2,1-2H3,(H,37,38)/b18-15+/t31-/m1/s1. The van der Waals surface area contributed by atoms with Crippen molar-refractivity contribution in [3.8, 4) is 0 Å². The number of benzene rings is 2. The summed E-state index contributed by atoms with van der Waals surface area (Å²) in [7, 11) is 0. The molecule has 41 heavy (non-hydrogen) atoms. The third-order valence-electron chi connectivity index (χ3n) is 8.69. The molecule has 2 fully saturated rings. The Hall–Kier alpha value is -2.41. The van der Waals surface area contributed by atoms with Gasteiger partial charge in [0.05, 0.1) is 17.7 Å². The maximum Gasteiger partial charge on any atom is 0.303 e. The van der Waals surface area contributed by atoms with Crippen molar-refractivity contribution < 1.29 is 15.0 Å². The van der Waals surface area contributed by atoms with Crippen molar-refractivity contribution >= 4 is 41.2 Å². The molecule has 2 saturated carbocycles. The molecule has 2 aliphatic carbocycles. The molecule has 6 heteroatoms. The quantitative estimate of drug-likeness (QED) is 0.208. The minimum Gasteiger partial charge on any atom is -0.481 e. The molecule has 0 spiro atoms. The molecule has 3 aromatic rings. The summed E-state index contributed by atoms with van der Waals surface area (Å²) in [6.07, 6.45) is 14.9. The minimum absolute atomic E-state index is 0.0574. The van der Waals surface area contributed by atoms with Crippen LogP contribution in [0.1, 0.15) is 116 Å². The van der Waals surface area contributed by atoms with Gasteiger partial charge in [0.15, 0.2) is 0 Å². The number of aryl methyl sites for hydroxylation is 1. The zero-order chi connectivity index (χ0) is 28.9. The number of aliphatic carboxylic acids is 1. The number of carboxylic acids is 1. The summed E-state index contributed by atoms with van der Waals surface area (Å²) in [5, 5.41) is 23.7. The van der Waals surface area contributed by atoms with E-state index in [0.717, 1.165) is 47.6 Å². The van der Waals surface area contributed by atoms with Crippen LogP contribution in [0.2, 0.25) is 0 Å². The van der Waals surface area contributed by atoms with Gasteiger partial charge < -0.3 is 10.2 Å². The molecule has 0 saturated heterocycles. The van der Waals surface area contributed by atoms with Crippen molar-refractivity contribution in [2.45, 2.75) is 94.8 Å². The molecular weight excluding hydrogens is 547 g/mol. The number of thioether (sulfide) groups is 1. The molecule has 1 aromatic heterocycles. The summed E-state index contributed by atoms with van der Waals surface area (Å²) in [5.41, 5.74) is 4.89. The lowest BCUT2D eigenvalue weighted by molar-refractivity contribution is -0.138. The van der Waals surface area contributed by atoms with Crippen LogP contribution >= 0.6 is 23.1 Å². The Morgan fingerprint density at radius 1 is 1.12 bits per heavy atom. The smallest absolute Gasteiger partial charge is 0.303 e. The zero-order valence-corrected chi connectivity index (χ0v) is 26.0. The first-order valence-corrected chi connectivity index (χ1v) is 17.0. The van der Waals surface area contributed by atoms with Crippen LogP contribution in [-0.2, 0) is 16.8 Å². The van der Waals surface area contributed by atoms with Crippen LogP contribution in [0.4, 0.5) is 0 Å². The fourth-order valence-electron chi connectivity index (χ4n) is 6.11. The summed E-state index contributed by atoms with van der Waals surface area (Å²) in [6.45, 7) is 3.69. The molecule has 2 aliphatic rings. The third kappa shape index (κ3) is 8.33. The number of hydrogen-bond donors (Lipinski definition) is 2. The van der Waals surface area contributed by atoms with E-state index < -0.39 is 11.6 Å². The molecule has 0 radical (unpaired) electrons. The number of carboxylic acid groups (broad SMARTS) is 1. The number of hydrogen-bond acceptors (Lipinski definition) is 5. The summed E-state index contributed by atoms with van der Waals surface area (Å²) in [4.78, 5) is 16.4. The van der Waals surface area contributed by atoms with Crippen molar-refractivity contribution in [1.29, 1.82) is 0 Å². The number of thiazole rings is 1. The van der Waals surface area contributed by atoms with Crippen molar-refractivity contribution in [2.24, 2.45) is 5.41 Å². The van der Waals surface area contributed by atoms with E-state index >= 15 is 0 Å². The zero-order valence-electron chi connectivity index (χ0n) is 24.4. The Balaban J connectivity index is 1.32. The highest BCUT2D eigenvalue weighted by Crippen LogP contribution is 2.53. The first kappa shape index (κ1) is 30.1. The van der Waals surface area contributed by atoms with Gasteiger partial charge in [-0.25, -0.2) is 4.98 Å². The van der Waals surface area contributed by atoms with Crippen LogP contribution in [0, 0.1) is 5.41 Å². The molecule has 0 aliphatic heterocycles. The third-order valence-corrected chi connectivity index (χ3v) is 11.2. The van der Waals surface area contributed by atoms with Gasteiger partial charge in [-0.1, -0.05) is 73.9 Å². The fourth-order valence-corrected chi connectivity index (χ4v) is 8.47. The lowest BCUT2D eigenvalue weighted by Crippen LogP contribution is -2.18. The second kappa shape index (κ2) is 13.3. The predicted octanol–water partition coefficient (Wildman–Crippen LogP) is 9.25. The summed E-state index contributed by atoms with van der Waals surface area (Å²) in [5.74, 6) is 0.792. The van der Waals surface area contributed by atoms with E-state index in [1.54, 1.807) is 11.3 Å². The maximum atomic E-state index is 11.5. The Morgan fingerprint density at radius 3 is 2.63 bits per heavy atom. The van der Waals surface area contributed by atoms with Crippen molar-refractivity contribution in [2.75, 3.05) is 5.75 Å². The van der Waals surface area contributed by atoms with Gasteiger partial charge in [-0.05, 0) is 86.1 Å². The van der Waals surface area contributed by atoms with Crippen LogP contribution in [0.3, 0.4) is 0 Å². The van der Waals surface area contributed by atoms with Gasteiger partial charge in [0.2, 0.25) is 0 Å². The topological polar surface area (TPSA) is 70.4 Å². The van der Waals surface area contributed by atoms with Crippen LogP contribution in [0.25, 0.3) is 12.2 Å². The molecule has 0 unspecified atom stereocenters. The van der Waals surface area contributed by atoms with E-state index in [0.29, 0.717) is 5.92 Å². The van der Waals surface area contributed by atoms with E-state index in [4.69, 9.17) is 4.98 Å². The Morgan fingerprint density at radius 2 is 1.90 bits per heavy atom. The molecule has 1 atom stereocenters.